The average molecular weight is 339 g/mol. The highest BCUT2D eigenvalue weighted by Gasteiger charge is 2.23. The van der Waals surface area contributed by atoms with E-state index in [0.29, 0.717) is 6.61 Å². The first kappa shape index (κ1) is 17.3. The van der Waals surface area contributed by atoms with Gasteiger partial charge >= 0.3 is 0 Å². The molecule has 0 spiro atoms. The lowest BCUT2D eigenvalue weighted by Crippen LogP contribution is -2.35. The first-order chi connectivity index (χ1) is 11.9. The summed E-state index contributed by atoms with van der Waals surface area (Å²) in [5, 5.41) is 3.06. The van der Waals surface area contributed by atoms with Gasteiger partial charge in [-0.2, -0.15) is 0 Å². The van der Waals surface area contributed by atoms with Crippen molar-refractivity contribution in [3.63, 3.8) is 0 Å². The number of nitrogens with one attached hydrogen (secondary N) is 1. The number of hydrogen-bond acceptors (Lipinski definition) is 3. The van der Waals surface area contributed by atoms with E-state index in [4.69, 9.17) is 9.47 Å². The van der Waals surface area contributed by atoms with E-state index in [0.717, 1.165) is 29.0 Å². The second-order valence-corrected chi connectivity index (χ2v) is 7.33. The van der Waals surface area contributed by atoms with Crippen LogP contribution in [0.5, 0.6) is 11.5 Å². The lowest BCUT2D eigenvalue weighted by molar-refractivity contribution is -0.124. The van der Waals surface area contributed by atoms with E-state index >= 15 is 0 Å². The van der Waals surface area contributed by atoms with E-state index in [1.54, 1.807) is 0 Å². The van der Waals surface area contributed by atoms with Crippen molar-refractivity contribution in [2.45, 2.75) is 38.6 Å². The van der Waals surface area contributed by atoms with Crippen LogP contribution in [0.2, 0.25) is 0 Å². The Morgan fingerprint density at radius 2 is 1.88 bits per heavy atom. The Morgan fingerprint density at radius 3 is 2.68 bits per heavy atom. The van der Waals surface area contributed by atoms with Crippen LogP contribution in [0.25, 0.3) is 0 Å². The van der Waals surface area contributed by atoms with Gasteiger partial charge < -0.3 is 14.8 Å². The van der Waals surface area contributed by atoms with Gasteiger partial charge in [0.25, 0.3) is 5.91 Å². The number of fused-ring (bicyclic) bond motifs is 1. The quantitative estimate of drug-likeness (QED) is 0.916. The van der Waals surface area contributed by atoms with Crippen LogP contribution >= 0.6 is 0 Å². The zero-order chi connectivity index (χ0) is 17.9. The second-order valence-electron chi connectivity index (χ2n) is 7.33. The highest BCUT2D eigenvalue weighted by atomic mass is 16.5. The summed E-state index contributed by atoms with van der Waals surface area (Å²) in [6, 6.07) is 15.7. The molecule has 0 saturated carbocycles. The van der Waals surface area contributed by atoms with Crippen LogP contribution in [0.3, 0.4) is 0 Å². The van der Waals surface area contributed by atoms with Crippen molar-refractivity contribution in [3.8, 4) is 11.5 Å². The summed E-state index contributed by atoms with van der Waals surface area (Å²) in [5.74, 6) is 1.49. The normalized spacial score (nSPS) is 16.5. The molecule has 0 saturated heterocycles. The van der Waals surface area contributed by atoms with Gasteiger partial charge in [-0.3, -0.25) is 4.79 Å². The molecule has 0 bridgehead atoms. The summed E-state index contributed by atoms with van der Waals surface area (Å²) < 4.78 is 11.4. The Bertz CT molecular complexity index is 749. The lowest BCUT2D eigenvalue weighted by atomic mass is 9.86. The van der Waals surface area contributed by atoms with Crippen LogP contribution in [-0.2, 0) is 10.2 Å². The SMILES string of the molecule is CC(C)(C)c1ccccc1OCC(=O)N[C@@H]1CCOc2ccccc21. The molecule has 0 unspecified atom stereocenters. The predicted molar refractivity (Wildman–Crippen MR) is 98.1 cm³/mol. The summed E-state index contributed by atoms with van der Waals surface area (Å²) >= 11 is 0. The van der Waals surface area contributed by atoms with Crippen molar-refractivity contribution >= 4 is 5.91 Å². The summed E-state index contributed by atoms with van der Waals surface area (Å²) in [5.41, 5.74) is 2.09. The maximum Gasteiger partial charge on any atom is 0.258 e. The van der Waals surface area contributed by atoms with Crippen LogP contribution in [0, 0.1) is 0 Å². The molecular weight excluding hydrogens is 314 g/mol. The summed E-state index contributed by atoms with van der Waals surface area (Å²) in [4.78, 5) is 12.4. The molecule has 4 nitrogen and oxygen atoms in total. The van der Waals surface area contributed by atoms with Crippen molar-refractivity contribution < 1.29 is 14.3 Å². The van der Waals surface area contributed by atoms with Crippen LogP contribution in [-0.4, -0.2) is 19.1 Å². The lowest BCUT2D eigenvalue weighted by Gasteiger charge is -2.27. The van der Waals surface area contributed by atoms with Crippen LogP contribution in [0.15, 0.2) is 48.5 Å². The molecule has 25 heavy (non-hydrogen) atoms. The molecule has 0 aromatic heterocycles. The molecule has 3 rings (SSSR count). The number of ether oxygens (including phenoxy) is 2. The first-order valence-electron chi connectivity index (χ1n) is 8.68. The molecule has 1 amide bonds. The van der Waals surface area contributed by atoms with Crippen LogP contribution in [0.4, 0.5) is 0 Å². The first-order valence-corrected chi connectivity index (χ1v) is 8.68. The van der Waals surface area contributed by atoms with Gasteiger partial charge in [-0.15, -0.1) is 0 Å². The van der Waals surface area contributed by atoms with Gasteiger partial charge in [0.05, 0.1) is 12.6 Å². The molecule has 0 aliphatic carbocycles. The van der Waals surface area contributed by atoms with Gasteiger partial charge in [-0.1, -0.05) is 57.2 Å². The Morgan fingerprint density at radius 1 is 1.16 bits per heavy atom. The minimum atomic E-state index is -0.120. The fourth-order valence-corrected chi connectivity index (χ4v) is 3.08. The van der Waals surface area contributed by atoms with Crippen molar-refractivity contribution in [1.82, 2.24) is 5.32 Å². The van der Waals surface area contributed by atoms with Crippen molar-refractivity contribution in [2.75, 3.05) is 13.2 Å². The number of carbonyl (C=O) groups excluding carboxylic acids is 1. The standard InChI is InChI=1S/C21H25NO3/c1-21(2,3)16-9-5-7-11-19(16)25-14-20(23)22-17-12-13-24-18-10-6-4-8-15(17)18/h4-11,17H,12-14H2,1-3H3,(H,22,23)/t17-/m1/s1. The van der Waals surface area contributed by atoms with Gasteiger partial charge in [0.15, 0.2) is 6.61 Å². The Kier molecular flexibility index (Phi) is 4.98. The molecule has 1 aliphatic rings. The van der Waals surface area contributed by atoms with Gasteiger partial charge in [0, 0.05) is 12.0 Å². The molecular formula is C21H25NO3. The molecule has 132 valence electrons. The third-order valence-corrected chi connectivity index (χ3v) is 4.35. The molecule has 2 aromatic carbocycles. The number of amides is 1. The summed E-state index contributed by atoms with van der Waals surface area (Å²) in [6.45, 7) is 7.01. The number of hydrogen-bond donors (Lipinski definition) is 1. The molecule has 0 fully saturated rings. The molecule has 1 heterocycles. The molecule has 1 N–H and O–H groups in total. The van der Waals surface area contributed by atoms with Gasteiger partial charge in [-0.25, -0.2) is 0 Å². The van der Waals surface area contributed by atoms with E-state index in [-0.39, 0.29) is 24.0 Å². The van der Waals surface area contributed by atoms with E-state index < -0.39 is 0 Å². The minimum absolute atomic E-state index is 0.00656. The highest BCUT2D eigenvalue weighted by Crippen LogP contribution is 2.32. The number of rotatable bonds is 4. The number of carbonyl (C=O) groups is 1. The Balaban J connectivity index is 1.64. The van der Waals surface area contributed by atoms with Gasteiger partial charge in [-0.05, 0) is 23.1 Å². The summed E-state index contributed by atoms with van der Waals surface area (Å²) in [6.07, 6.45) is 0.765. The Labute approximate surface area is 149 Å². The predicted octanol–water partition coefficient (Wildman–Crippen LogP) is 4.00. The molecule has 0 radical (unpaired) electrons. The molecule has 1 atom stereocenters. The number of benzene rings is 2. The maximum absolute atomic E-state index is 12.4. The van der Waals surface area contributed by atoms with E-state index in [2.05, 4.69) is 26.1 Å². The van der Waals surface area contributed by atoms with Crippen molar-refractivity contribution in [2.24, 2.45) is 0 Å². The zero-order valence-electron chi connectivity index (χ0n) is 15.0. The second kappa shape index (κ2) is 7.18. The van der Waals surface area contributed by atoms with Gasteiger partial charge in [0.1, 0.15) is 11.5 Å². The fourth-order valence-electron chi connectivity index (χ4n) is 3.08. The zero-order valence-corrected chi connectivity index (χ0v) is 15.0. The van der Waals surface area contributed by atoms with E-state index in [9.17, 15) is 4.79 Å². The number of para-hydroxylation sites is 2. The van der Waals surface area contributed by atoms with Crippen molar-refractivity contribution in [1.29, 1.82) is 0 Å². The van der Waals surface area contributed by atoms with Gasteiger partial charge in [0.2, 0.25) is 0 Å². The smallest absolute Gasteiger partial charge is 0.258 e. The van der Waals surface area contributed by atoms with Crippen LogP contribution < -0.4 is 14.8 Å². The monoisotopic (exact) mass is 339 g/mol. The largest absolute Gasteiger partial charge is 0.493 e. The topological polar surface area (TPSA) is 47.6 Å². The third-order valence-electron chi connectivity index (χ3n) is 4.35. The molecule has 2 aromatic rings. The van der Waals surface area contributed by atoms with Crippen molar-refractivity contribution in [3.05, 3.63) is 59.7 Å². The Hall–Kier alpha value is -2.49. The van der Waals surface area contributed by atoms with E-state index in [1.807, 2.05) is 48.5 Å². The minimum Gasteiger partial charge on any atom is -0.493 e. The summed E-state index contributed by atoms with van der Waals surface area (Å²) in [7, 11) is 0. The van der Waals surface area contributed by atoms with Crippen LogP contribution in [0.1, 0.15) is 44.4 Å². The molecule has 1 aliphatic heterocycles. The molecule has 4 heteroatoms. The fraction of sp³-hybridized carbons (Fsp3) is 0.381. The third kappa shape index (κ3) is 4.13. The highest BCUT2D eigenvalue weighted by molar-refractivity contribution is 5.78. The average Bonchev–Trinajstić information content (AvgIpc) is 2.60. The maximum atomic E-state index is 12.4. The van der Waals surface area contributed by atoms with E-state index in [1.165, 1.54) is 0 Å².